The highest BCUT2D eigenvalue weighted by molar-refractivity contribution is 5.94. The summed E-state index contributed by atoms with van der Waals surface area (Å²) in [5.41, 5.74) is 1.63. The standard InChI is InChI=1S/C17H23NO5/c1-11-9-14(23-8-7-22-2)5-6-15(11)18-16(19)12-3-4-13(10-12)17(20)21/h5-6,9,12-13H,3-4,7-8,10H2,1-2H3,(H,18,19)(H,20,21)/t12-,13+/m1/s1. The second-order valence-electron chi connectivity index (χ2n) is 5.85. The third-order valence-corrected chi connectivity index (χ3v) is 4.16. The van der Waals surface area contributed by atoms with E-state index in [0.29, 0.717) is 32.5 Å². The van der Waals surface area contributed by atoms with Crippen molar-refractivity contribution in [3.8, 4) is 5.75 Å². The first-order valence-electron chi connectivity index (χ1n) is 7.77. The Morgan fingerprint density at radius 2 is 2.00 bits per heavy atom. The molecule has 0 aliphatic heterocycles. The predicted molar refractivity (Wildman–Crippen MR) is 85.6 cm³/mol. The van der Waals surface area contributed by atoms with Crippen molar-refractivity contribution >= 4 is 17.6 Å². The van der Waals surface area contributed by atoms with Crippen LogP contribution < -0.4 is 10.1 Å². The molecular formula is C17H23NO5. The van der Waals surface area contributed by atoms with Crippen LogP contribution in [0.15, 0.2) is 18.2 Å². The quantitative estimate of drug-likeness (QED) is 0.754. The van der Waals surface area contributed by atoms with Gasteiger partial charge in [0.25, 0.3) is 0 Å². The van der Waals surface area contributed by atoms with Crippen molar-refractivity contribution in [2.45, 2.75) is 26.2 Å². The average molecular weight is 321 g/mol. The van der Waals surface area contributed by atoms with Crippen LogP contribution >= 0.6 is 0 Å². The average Bonchev–Trinajstić information content (AvgIpc) is 3.00. The van der Waals surface area contributed by atoms with Gasteiger partial charge in [0.1, 0.15) is 12.4 Å². The molecule has 0 radical (unpaired) electrons. The number of benzene rings is 1. The van der Waals surface area contributed by atoms with E-state index in [1.54, 1.807) is 19.2 Å². The normalized spacial score (nSPS) is 20.3. The maximum absolute atomic E-state index is 12.3. The molecule has 0 bridgehead atoms. The number of ether oxygens (including phenoxy) is 2. The molecule has 2 rings (SSSR count). The Kier molecular flexibility index (Phi) is 5.98. The zero-order chi connectivity index (χ0) is 16.8. The summed E-state index contributed by atoms with van der Waals surface area (Å²) in [5, 5.41) is 11.9. The maximum atomic E-state index is 12.3. The number of rotatable bonds is 7. The molecule has 0 saturated heterocycles. The molecule has 126 valence electrons. The molecule has 0 unspecified atom stereocenters. The molecular weight excluding hydrogens is 298 g/mol. The van der Waals surface area contributed by atoms with Gasteiger partial charge < -0.3 is 19.9 Å². The number of aryl methyl sites for hydroxylation is 1. The first kappa shape index (κ1) is 17.3. The van der Waals surface area contributed by atoms with Crippen molar-refractivity contribution in [1.29, 1.82) is 0 Å². The van der Waals surface area contributed by atoms with Crippen LogP contribution in [0.3, 0.4) is 0 Å². The number of amides is 1. The molecule has 1 amide bonds. The minimum atomic E-state index is -0.811. The number of carbonyl (C=O) groups excluding carboxylic acids is 1. The lowest BCUT2D eigenvalue weighted by atomic mass is 10.0. The molecule has 2 atom stereocenters. The van der Waals surface area contributed by atoms with E-state index in [2.05, 4.69) is 5.32 Å². The van der Waals surface area contributed by atoms with E-state index in [1.807, 2.05) is 13.0 Å². The van der Waals surface area contributed by atoms with Crippen molar-refractivity contribution < 1.29 is 24.2 Å². The van der Waals surface area contributed by atoms with E-state index in [9.17, 15) is 9.59 Å². The number of aliphatic carboxylic acids is 1. The summed E-state index contributed by atoms with van der Waals surface area (Å²) in [6, 6.07) is 5.46. The van der Waals surface area contributed by atoms with Crippen molar-refractivity contribution in [3.63, 3.8) is 0 Å². The fourth-order valence-corrected chi connectivity index (χ4v) is 2.79. The zero-order valence-electron chi connectivity index (χ0n) is 13.5. The van der Waals surface area contributed by atoms with Crippen molar-refractivity contribution in [2.24, 2.45) is 11.8 Å². The van der Waals surface area contributed by atoms with Crippen LogP contribution in [0.5, 0.6) is 5.75 Å². The van der Waals surface area contributed by atoms with Gasteiger partial charge in [-0.15, -0.1) is 0 Å². The van der Waals surface area contributed by atoms with Gasteiger partial charge in [-0.25, -0.2) is 0 Å². The number of hydrogen-bond donors (Lipinski definition) is 2. The van der Waals surface area contributed by atoms with E-state index >= 15 is 0 Å². The molecule has 23 heavy (non-hydrogen) atoms. The molecule has 1 fully saturated rings. The molecule has 6 heteroatoms. The van der Waals surface area contributed by atoms with Gasteiger partial charge in [0.2, 0.25) is 5.91 Å². The molecule has 1 aliphatic rings. The molecule has 0 spiro atoms. The van der Waals surface area contributed by atoms with Crippen molar-refractivity contribution in [3.05, 3.63) is 23.8 Å². The Labute approximate surface area is 135 Å². The molecule has 1 aromatic carbocycles. The third-order valence-electron chi connectivity index (χ3n) is 4.16. The van der Waals surface area contributed by atoms with Crippen LogP contribution in [0.4, 0.5) is 5.69 Å². The van der Waals surface area contributed by atoms with Crippen molar-refractivity contribution in [1.82, 2.24) is 0 Å². The zero-order valence-corrected chi connectivity index (χ0v) is 13.5. The number of carbonyl (C=O) groups is 2. The number of anilines is 1. The van der Waals surface area contributed by atoms with Gasteiger partial charge in [-0.1, -0.05) is 0 Å². The van der Waals surface area contributed by atoms with Gasteiger partial charge in [0.05, 0.1) is 12.5 Å². The summed E-state index contributed by atoms with van der Waals surface area (Å²) in [6.45, 7) is 2.89. The van der Waals surface area contributed by atoms with E-state index < -0.39 is 11.9 Å². The molecule has 1 aromatic rings. The highest BCUT2D eigenvalue weighted by atomic mass is 16.5. The lowest BCUT2D eigenvalue weighted by Crippen LogP contribution is -2.22. The fraction of sp³-hybridized carbons (Fsp3) is 0.529. The minimum Gasteiger partial charge on any atom is -0.491 e. The van der Waals surface area contributed by atoms with Gasteiger partial charge in [0, 0.05) is 18.7 Å². The van der Waals surface area contributed by atoms with Crippen molar-refractivity contribution in [2.75, 3.05) is 25.6 Å². The lowest BCUT2D eigenvalue weighted by Gasteiger charge is -2.14. The van der Waals surface area contributed by atoms with Gasteiger partial charge in [-0.3, -0.25) is 9.59 Å². The number of nitrogens with one attached hydrogen (secondary N) is 1. The Morgan fingerprint density at radius 1 is 1.26 bits per heavy atom. The molecule has 2 N–H and O–H groups in total. The topological polar surface area (TPSA) is 84.9 Å². The van der Waals surface area contributed by atoms with Crippen LogP contribution in [0.1, 0.15) is 24.8 Å². The number of hydrogen-bond acceptors (Lipinski definition) is 4. The number of carboxylic acid groups (broad SMARTS) is 1. The molecule has 0 heterocycles. The maximum Gasteiger partial charge on any atom is 0.306 e. The number of carboxylic acids is 1. The number of methoxy groups -OCH3 is 1. The molecule has 0 aromatic heterocycles. The smallest absolute Gasteiger partial charge is 0.306 e. The Hall–Kier alpha value is -2.08. The fourth-order valence-electron chi connectivity index (χ4n) is 2.79. The second-order valence-corrected chi connectivity index (χ2v) is 5.85. The van der Waals surface area contributed by atoms with Gasteiger partial charge in [-0.2, -0.15) is 0 Å². The Morgan fingerprint density at radius 3 is 2.61 bits per heavy atom. The van der Waals surface area contributed by atoms with E-state index in [0.717, 1.165) is 17.0 Å². The Balaban J connectivity index is 1.92. The van der Waals surface area contributed by atoms with Crippen LogP contribution in [0, 0.1) is 18.8 Å². The summed E-state index contributed by atoms with van der Waals surface area (Å²) in [5.74, 6) is -0.820. The second kappa shape index (κ2) is 7.97. The minimum absolute atomic E-state index is 0.107. The summed E-state index contributed by atoms with van der Waals surface area (Å²) < 4.78 is 10.5. The van der Waals surface area contributed by atoms with Crippen LogP contribution in [0.25, 0.3) is 0 Å². The van der Waals surface area contributed by atoms with E-state index in [-0.39, 0.29) is 11.8 Å². The first-order valence-corrected chi connectivity index (χ1v) is 7.77. The largest absolute Gasteiger partial charge is 0.491 e. The molecule has 1 aliphatic carbocycles. The van der Waals surface area contributed by atoms with Crippen LogP contribution in [-0.4, -0.2) is 37.3 Å². The SMILES string of the molecule is COCCOc1ccc(NC(=O)[C@@H]2CC[C@H](C(=O)O)C2)c(C)c1. The summed E-state index contributed by atoms with van der Waals surface area (Å²) in [4.78, 5) is 23.3. The summed E-state index contributed by atoms with van der Waals surface area (Å²) in [7, 11) is 1.62. The summed E-state index contributed by atoms with van der Waals surface area (Å²) in [6.07, 6.45) is 1.61. The first-order chi connectivity index (χ1) is 11.0. The Bertz CT molecular complexity index is 572. The lowest BCUT2D eigenvalue weighted by molar-refractivity contribution is -0.141. The molecule has 6 nitrogen and oxygen atoms in total. The van der Waals surface area contributed by atoms with Gasteiger partial charge in [-0.05, 0) is 49.9 Å². The predicted octanol–water partition coefficient (Wildman–Crippen LogP) is 2.46. The van der Waals surface area contributed by atoms with Crippen LogP contribution in [0.2, 0.25) is 0 Å². The molecule has 1 saturated carbocycles. The van der Waals surface area contributed by atoms with Gasteiger partial charge >= 0.3 is 5.97 Å². The highest BCUT2D eigenvalue weighted by Gasteiger charge is 2.33. The summed E-state index contributed by atoms with van der Waals surface area (Å²) >= 11 is 0. The van der Waals surface area contributed by atoms with Crippen LogP contribution in [-0.2, 0) is 14.3 Å². The highest BCUT2D eigenvalue weighted by Crippen LogP contribution is 2.32. The van der Waals surface area contributed by atoms with E-state index in [1.165, 1.54) is 0 Å². The van der Waals surface area contributed by atoms with Gasteiger partial charge in [0.15, 0.2) is 0 Å². The third kappa shape index (κ3) is 4.69. The van der Waals surface area contributed by atoms with E-state index in [4.69, 9.17) is 14.6 Å². The monoisotopic (exact) mass is 321 g/mol.